The third-order valence-electron chi connectivity index (χ3n) is 3.27. The average Bonchev–Trinajstić information content (AvgIpc) is 2.38. The van der Waals surface area contributed by atoms with Gasteiger partial charge in [-0.25, -0.2) is 0 Å². The van der Waals surface area contributed by atoms with Crippen LogP contribution in [0.25, 0.3) is 0 Å². The van der Waals surface area contributed by atoms with Crippen LogP contribution in [0.2, 0.25) is 0 Å². The fourth-order valence-corrected chi connectivity index (χ4v) is 1.95. The van der Waals surface area contributed by atoms with Crippen molar-refractivity contribution in [2.75, 3.05) is 6.54 Å². The minimum atomic E-state index is -0.420. The summed E-state index contributed by atoms with van der Waals surface area (Å²) in [7, 11) is 0. The average molecular weight is 289 g/mol. The smallest absolute Gasteiger partial charge is 0.269 e. The number of ether oxygens (including phenoxy) is 1. The molecule has 0 saturated heterocycles. The second-order valence-corrected chi connectivity index (χ2v) is 4.28. The molecule has 1 aromatic carbocycles. The van der Waals surface area contributed by atoms with Crippen LogP contribution in [0.1, 0.15) is 33.1 Å². The van der Waals surface area contributed by atoms with Crippen LogP contribution >= 0.6 is 12.4 Å². The van der Waals surface area contributed by atoms with Crippen molar-refractivity contribution in [3.05, 3.63) is 34.4 Å². The molecule has 0 atom stereocenters. The summed E-state index contributed by atoms with van der Waals surface area (Å²) in [5.74, 6) is 0.651. The van der Waals surface area contributed by atoms with Gasteiger partial charge in [0.2, 0.25) is 0 Å². The molecule has 0 radical (unpaired) electrons. The molecule has 6 heteroatoms. The van der Waals surface area contributed by atoms with Gasteiger partial charge in [-0.05, 0) is 37.9 Å². The summed E-state index contributed by atoms with van der Waals surface area (Å²) < 4.78 is 5.97. The molecule has 0 aliphatic carbocycles. The maximum Gasteiger partial charge on any atom is 0.269 e. The number of nitro benzene ring substituents is 1. The Hall–Kier alpha value is -1.33. The zero-order valence-electron chi connectivity index (χ0n) is 11.3. The van der Waals surface area contributed by atoms with E-state index in [0.717, 1.165) is 19.3 Å². The molecule has 2 N–H and O–H groups in total. The molecule has 0 aliphatic heterocycles. The summed E-state index contributed by atoms with van der Waals surface area (Å²) in [5, 5.41) is 10.6. The Bertz CT molecular complexity index is 391. The Balaban J connectivity index is 0.00000324. The van der Waals surface area contributed by atoms with Gasteiger partial charge >= 0.3 is 0 Å². The van der Waals surface area contributed by atoms with Gasteiger partial charge in [-0.15, -0.1) is 12.4 Å². The quantitative estimate of drug-likeness (QED) is 0.617. The summed E-state index contributed by atoms with van der Waals surface area (Å²) in [6.45, 7) is 4.68. The number of benzene rings is 1. The molecule has 0 fully saturated rings. The van der Waals surface area contributed by atoms with E-state index >= 15 is 0 Å². The van der Waals surface area contributed by atoms with Crippen molar-refractivity contribution in [1.29, 1.82) is 0 Å². The highest BCUT2D eigenvalue weighted by Gasteiger charge is 2.27. The molecule has 0 aromatic heterocycles. The van der Waals surface area contributed by atoms with Gasteiger partial charge < -0.3 is 10.5 Å². The molecular weight excluding hydrogens is 268 g/mol. The Kier molecular flexibility index (Phi) is 7.41. The van der Waals surface area contributed by atoms with Gasteiger partial charge in [0.25, 0.3) is 5.69 Å². The normalized spacial score (nSPS) is 10.7. The molecule has 19 heavy (non-hydrogen) atoms. The monoisotopic (exact) mass is 288 g/mol. The summed E-state index contributed by atoms with van der Waals surface area (Å²) in [5.41, 5.74) is 5.41. The van der Waals surface area contributed by atoms with Crippen LogP contribution in [0.4, 0.5) is 5.69 Å². The summed E-state index contributed by atoms with van der Waals surface area (Å²) >= 11 is 0. The number of non-ortho nitro benzene ring substituents is 1. The second-order valence-electron chi connectivity index (χ2n) is 4.28. The summed E-state index contributed by atoms with van der Waals surface area (Å²) in [6.07, 6.45) is 2.49. The van der Waals surface area contributed by atoms with Crippen molar-refractivity contribution in [2.45, 2.75) is 38.7 Å². The topological polar surface area (TPSA) is 78.4 Å². The standard InChI is InChI=1S/C13H20N2O3.ClH/c1-3-13(4-2,9-10-14)18-12-7-5-11(6-8-12)15(16)17;/h5-8H,3-4,9-10,14H2,1-2H3;1H. The molecule has 1 rings (SSSR count). The first kappa shape index (κ1) is 17.7. The molecule has 0 spiro atoms. The minimum Gasteiger partial charge on any atom is -0.487 e. The minimum absolute atomic E-state index is 0. The maximum atomic E-state index is 10.6. The van der Waals surface area contributed by atoms with Crippen LogP contribution in [0.15, 0.2) is 24.3 Å². The largest absolute Gasteiger partial charge is 0.487 e. The summed E-state index contributed by atoms with van der Waals surface area (Å²) in [6, 6.07) is 6.17. The van der Waals surface area contributed by atoms with Gasteiger partial charge in [-0.1, -0.05) is 13.8 Å². The second kappa shape index (κ2) is 7.96. The highest BCUT2D eigenvalue weighted by molar-refractivity contribution is 5.85. The van der Waals surface area contributed by atoms with Crippen LogP contribution in [0, 0.1) is 10.1 Å². The van der Waals surface area contributed by atoms with Crippen molar-refractivity contribution in [3.8, 4) is 5.75 Å². The molecule has 0 aliphatic rings. The molecule has 108 valence electrons. The van der Waals surface area contributed by atoms with Crippen LogP contribution < -0.4 is 10.5 Å². The SMILES string of the molecule is CCC(CC)(CCN)Oc1ccc([N+](=O)[O-])cc1.Cl. The molecule has 1 aromatic rings. The van der Waals surface area contributed by atoms with Crippen LogP contribution in [-0.4, -0.2) is 17.1 Å². The zero-order chi connectivity index (χ0) is 13.6. The molecule has 0 amide bonds. The first-order valence-electron chi connectivity index (χ1n) is 6.20. The number of nitro groups is 1. The van der Waals surface area contributed by atoms with Gasteiger partial charge in [0.15, 0.2) is 0 Å². The van der Waals surface area contributed by atoms with E-state index in [9.17, 15) is 10.1 Å². The van der Waals surface area contributed by atoms with E-state index in [1.807, 2.05) is 0 Å². The van der Waals surface area contributed by atoms with Crippen molar-refractivity contribution in [2.24, 2.45) is 5.73 Å². The lowest BCUT2D eigenvalue weighted by molar-refractivity contribution is -0.384. The fourth-order valence-electron chi connectivity index (χ4n) is 1.95. The maximum absolute atomic E-state index is 10.6. The number of nitrogens with zero attached hydrogens (tertiary/aromatic N) is 1. The zero-order valence-corrected chi connectivity index (χ0v) is 12.1. The van der Waals surface area contributed by atoms with Crippen molar-refractivity contribution in [3.63, 3.8) is 0 Å². The lowest BCUT2D eigenvalue weighted by atomic mass is 9.93. The summed E-state index contributed by atoms with van der Waals surface area (Å²) in [4.78, 5) is 10.1. The Morgan fingerprint density at radius 3 is 2.16 bits per heavy atom. The van der Waals surface area contributed by atoms with Crippen LogP contribution in [-0.2, 0) is 0 Å². The van der Waals surface area contributed by atoms with E-state index in [4.69, 9.17) is 10.5 Å². The van der Waals surface area contributed by atoms with E-state index in [2.05, 4.69) is 13.8 Å². The lowest BCUT2D eigenvalue weighted by Gasteiger charge is -2.32. The first-order chi connectivity index (χ1) is 8.56. The Labute approximate surface area is 119 Å². The van der Waals surface area contributed by atoms with Gasteiger partial charge in [-0.2, -0.15) is 0 Å². The van der Waals surface area contributed by atoms with E-state index in [-0.39, 0.29) is 23.7 Å². The molecule has 0 heterocycles. The van der Waals surface area contributed by atoms with Crippen molar-refractivity contribution in [1.82, 2.24) is 0 Å². The Morgan fingerprint density at radius 1 is 1.26 bits per heavy atom. The van der Waals surface area contributed by atoms with Gasteiger partial charge in [0.1, 0.15) is 11.4 Å². The lowest BCUT2D eigenvalue weighted by Crippen LogP contribution is -2.37. The van der Waals surface area contributed by atoms with Crippen LogP contribution in [0.5, 0.6) is 5.75 Å². The van der Waals surface area contributed by atoms with Crippen LogP contribution in [0.3, 0.4) is 0 Å². The van der Waals surface area contributed by atoms with E-state index in [1.165, 1.54) is 12.1 Å². The van der Waals surface area contributed by atoms with Gasteiger partial charge in [0.05, 0.1) is 4.92 Å². The highest BCUT2D eigenvalue weighted by atomic mass is 35.5. The van der Waals surface area contributed by atoms with E-state index in [1.54, 1.807) is 12.1 Å². The predicted molar refractivity (Wildman–Crippen MR) is 78.0 cm³/mol. The number of nitrogens with two attached hydrogens (primary N) is 1. The molecule has 0 saturated carbocycles. The van der Waals surface area contributed by atoms with Gasteiger partial charge in [0, 0.05) is 12.1 Å². The highest BCUT2D eigenvalue weighted by Crippen LogP contribution is 2.28. The fraction of sp³-hybridized carbons (Fsp3) is 0.538. The Morgan fingerprint density at radius 2 is 1.79 bits per heavy atom. The molecular formula is C13H21ClN2O3. The van der Waals surface area contributed by atoms with Crippen molar-refractivity contribution < 1.29 is 9.66 Å². The third-order valence-corrected chi connectivity index (χ3v) is 3.27. The number of halogens is 1. The van der Waals surface area contributed by atoms with E-state index < -0.39 is 4.92 Å². The number of hydrogen-bond acceptors (Lipinski definition) is 4. The molecule has 5 nitrogen and oxygen atoms in total. The molecule has 0 bridgehead atoms. The first-order valence-corrected chi connectivity index (χ1v) is 6.20. The van der Waals surface area contributed by atoms with E-state index in [0.29, 0.717) is 12.3 Å². The predicted octanol–water partition coefficient (Wildman–Crippen LogP) is 3.30. The van der Waals surface area contributed by atoms with Crippen molar-refractivity contribution >= 4 is 18.1 Å². The number of hydrogen-bond donors (Lipinski definition) is 1. The van der Waals surface area contributed by atoms with Gasteiger partial charge in [-0.3, -0.25) is 10.1 Å². The third kappa shape index (κ3) is 4.69. The number of rotatable bonds is 7. The molecule has 0 unspecified atom stereocenters.